The third kappa shape index (κ3) is 2.09. The van der Waals surface area contributed by atoms with Crippen molar-refractivity contribution < 1.29 is 9.53 Å². The van der Waals surface area contributed by atoms with Crippen molar-refractivity contribution in [1.82, 2.24) is 0 Å². The molecule has 0 aromatic heterocycles. The zero-order chi connectivity index (χ0) is 16.7. The SMILES string of the molecule is COc1ccc2ccccc2c1C=C1C(=O)N(C)c2ccccc21. The lowest BCUT2D eigenvalue weighted by atomic mass is 9.99. The number of ether oxygens (including phenoxy) is 1. The topological polar surface area (TPSA) is 29.5 Å². The first kappa shape index (κ1) is 14.5. The minimum absolute atomic E-state index is 0.00573. The second kappa shape index (κ2) is 5.53. The Labute approximate surface area is 140 Å². The predicted octanol–water partition coefficient (Wildman–Crippen LogP) is 4.37. The Morgan fingerprint density at radius 1 is 0.958 bits per heavy atom. The molecule has 3 aromatic rings. The van der Waals surface area contributed by atoms with Gasteiger partial charge in [0.15, 0.2) is 0 Å². The number of amides is 1. The van der Waals surface area contributed by atoms with Crippen LogP contribution in [-0.2, 0) is 4.79 Å². The van der Waals surface area contributed by atoms with Crippen molar-refractivity contribution in [2.45, 2.75) is 0 Å². The third-order valence-electron chi connectivity index (χ3n) is 4.53. The Morgan fingerprint density at radius 3 is 2.54 bits per heavy atom. The van der Waals surface area contributed by atoms with Crippen molar-refractivity contribution in [2.24, 2.45) is 0 Å². The summed E-state index contributed by atoms with van der Waals surface area (Å²) in [5, 5.41) is 2.20. The van der Waals surface area contributed by atoms with Gasteiger partial charge in [0.05, 0.1) is 12.8 Å². The van der Waals surface area contributed by atoms with E-state index in [1.54, 1.807) is 12.0 Å². The maximum Gasteiger partial charge on any atom is 0.258 e. The second-order valence-corrected chi connectivity index (χ2v) is 5.84. The first-order valence-electron chi connectivity index (χ1n) is 7.85. The summed E-state index contributed by atoms with van der Waals surface area (Å²) >= 11 is 0. The summed E-state index contributed by atoms with van der Waals surface area (Å²) in [5.41, 5.74) is 3.53. The van der Waals surface area contributed by atoms with Gasteiger partial charge in [0.2, 0.25) is 0 Å². The minimum Gasteiger partial charge on any atom is -0.496 e. The van der Waals surface area contributed by atoms with E-state index in [9.17, 15) is 4.79 Å². The van der Waals surface area contributed by atoms with E-state index >= 15 is 0 Å². The summed E-state index contributed by atoms with van der Waals surface area (Å²) in [5.74, 6) is 0.771. The molecule has 4 rings (SSSR count). The highest BCUT2D eigenvalue weighted by molar-refractivity contribution is 6.36. The molecule has 0 spiro atoms. The van der Waals surface area contributed by atoms with Crippen LogP contribution >= 0.6 is 0 Å². The van der Waals surface area contributed by atoms with Crippen LogP contribution in [0.25, 0.3) is 22.4 Å². The van der Waals surface area contributed by atoms with Gasteiger partial charge in [-0.1, -0.05) is 48.5 Å². The standard InChI is InChI=1S/C21H17NO2/c1-22-19-10-6-5-9-16(19)18(21(22)23)13-17-15-8-4-3-7-14(15)11-12-20(17)24-2/h3-13H,1-2H3. The van der Waals surface area contributed by atoms with Crippen LogP contribution in [0.2, 0.25) is 0 Å². The number of likely N-dealkylation sites (N-methyl/N-ethyl adjacent to an activating group) is 1. The Kier molecular flexibility index (Phi) is 3.35. The molecule has 1 amide bonds. The van der Waals surface area contributed by atoms with Gasteiger partial charge in [-0.3, -0.25) is 4.79 Å². The van der Waals surface area contributed by atoms with Crippen molar-refractivity contribution in [3.8, 4) is 5.75 Å². The largest absolute Gasteiger partial charge is 0.496 e. The van der Waals surface area contributed by atoms with E-state index in [2.05, 4.69) is 12.1 Å². The maximum atomic E-state index is 12.7. The molecule has 3 nitrogen and oxygen atoms in total. The molecule has 1 heterocycles. The normalized spacial score (nSPS) is 15.2. The smallest absolute Gasteiger partial charge is 0.258 e. The lowest BCUT2D eigenvalue weighted by molar-refractivity contribution is -0.112. The molecule has 24 heavy (non-hydrogen) atoms. The van der Waals surface area contributed by atoms with Crippen LogP contribution in [0.4, 0.5) is 5.69 Å². The first-order valence-corrected chi connectivity index (χ1v) is 7.85. The molecular weight excluding hydrogens is 298 g/mol. The van der Waals surface area contributed by atoms with Crippen LogP contribution in [0.5, 0.6) is 5.75 Å². The molecule has 0 atom stereocenters. The van der Waals surface area contributed by atoms with Crippen molar-refractivity contribution in [3.63, 3.8) is 0 Å². The summed E-state index contributed by atoms with van der Waals surface area (Å²) in [6.07, 6.45) is 1.95. The lowest BCUT2D eigenvalue weighted by Crippen LogP contribution is -2.20. The van der Waals surface area contributed by atoms with Crippen LogP contribution in [0.15, 0.2) is 60.7 Å². The van der Waals surface area contributed by atoms with Crippen LogP contribution in [0.1, 0.15) is 11.1 Å². The number of hydrogen-bond donors (Lipinski definition) is 0. The molecule has 0 fully saturated rings. The average molecular weight is 315 g/mol. The molecule has 0 bridgehead atoms. The van der Waals surface area contributed by atoms with Crippen LogP contribution < -0.4 is 9.64 Å². The van der Waals surface area contributed by atoms with Crippen LogP contribution in [0.3, 0.4) is 0 Å². The quantitative estimate of drug-likeness (QED) is 0.657. The van der Waals surface area contributed by atoms with Crippen LogP contribution in [-0.4, -0.2) is 20.1 Å². The number of para-hydroxylation sites is 1. The summed E-state index contributed by atoms with van der Waals surface area (Å²) in [6.45, 7) is 0. The monoisotopic (exact) mass is 315 g/mol. The fourth-order valence-corrected chi connectivity index (χ4v) is 3.29. The Balaban J connectivity index is 1.99. The van der Waals surface area contributed by atoms with Gasteiger partial charge >= 0.3 is 0 Å². The lowest BCUT2D eigenvalue weighted by Gasteiger charge is -2.10. The van der Waals surface area contributed by atoms with Gasteiger partial charge in [-0.25, -0.2) is 0 Å². The Morgan fingerprint density at radius 2 is 1.71 bits per heavy atom. The third-order valence-corrected chi connectivity index (χ3v) is 4.53. The van der Waals surface area contributed by atoms with Gasteiger partial charge in [0, 0.05) is 23.7 Å². The van der Waals surface area contributed by atoms with Gasteiger partial charge in [-0.15, -0.1) is 0 Å². The highest BCUT2D eigenvalue weighted by atomic mass is 16.5. The highest BCUT2D eigenvalue weighted by Gasteiger charge is 2.29. The van der Waals surface area contributed by atoms with E-state index in [1.165, 1.54) is 0 Å². The number of carbonyl (C=O) groups excluding carboxylic acids is 1. The number of hydrogen-bond acceptors (Lipinski definition) is 2. The van der Waals surface area contributed by atoms with Gasteiger partial charge < -0.3 is 9.64 Å². The summed E-state index contributed by atoms with van der Waals surface area (Å²) in [4.78, 5) is 14.4. The molecule has 0 aliphatic carbocycles. The van der Waals surface area contributed by atoms with Gasteiger partial charge in [-0.2, -0.15) is 0 Å². The molecule has 0 radical (unpaired) electrons. The van der Waals surface area contributed by atoms with E-state index in [-0.39, 0.29) is 5.91 Å². The predicted molar refractivity (Wildman–Crippen MR) is 98.2 cm³/mol. The van der Waals surface area contributed by atoms with Crippen molar-refractivity contribution in [2.75, 3.05) is 19.1 Å². The number of anilines is 1. The summed E-state index contributed by atoms with van der Waals surface area (Å²) < 4.78 is 5.54. The average Bonchev–Trinajstić information content (AvgIpc) is 2.87. The number of carbonyl (C=O) groups is 1. The zero-order valence-electron chi connectivity index (χ0n) is 13.6. The summed E-state index contributed by atoms with van der Waals surface area (Å²) in [6, 6.07) is 20.0. The van der Waals surface area contributed by atoms with E-state index in [4.69, 9.17) is 4.74 Å². The second-order valence-electron chi connectivity index (χ2n) is 5.84. The van der Waals surface area contributed by atoms with E-state index in [1.807, 2.05) is 61.7 Å². The molecule has 1 aliphatic rings. The number of rotatable bonds is 2. The van der Waals surface area contributed by atoms with E-state index in [0.717, 1.165) is 33.3 Å². The van der Waals surface area contributed by atoms with Gasteiger partial charge in [0.1, 0.15) is 5.75 Å². The molecule has 3 aromatic carbocycles. The first-order chi connectivity index (χ1) is 11.7. The molecule has 3 heteroatoms. The number of methoxy groups -OCH3 is 1. The van der Waals surface area contributed by atoms with Gasteiger partial charge in [-0.05, 0) is 29.0 Å². The fraction of sp³-hybridized carbons (Fsp3) is 0.0952. The molecule has 0 saturated heterocycles. The number of benzene rings is 3. The van der Waals surface area contributed by atoms with Crippen molar-refractivity contribution in [3.05, 3.63) is 71.8 Å². The number of fused-ring (bicyclic) bond motifs is 2. The van der Waals surface area contributed by atoms with Crippen LogP contribution in [0, 0.1) is 0 Å². The highest BCUT2D eigenvalue weighted by Crippen LogP contribution is 2.39. The summed E-state index contributed by atoms with van der Waals surface area (Å²) in [7, 11) is 3.46. The Bertz CT molecular complexity index is 988. The molecule has 0 N–H and O–H groups in total. The van der Waals surface area contributed by atoms with Crippen molar-refractivity contribution >= 4 is 34.0 Å². The molecular formula is C21H17NO2. The van der Waals surface area contributed by atoms with E-state index in [0.29, 0.717) is 5.57 Å². The fourth-order valence-electron chi connectivity index (χ4n) is 3.29. The van der Waals surface area contributed by atoms with E-state index < -0.39 is 0 Å². The Hall–Kier alpha value is -3.07. The minimum atomic E-state index is 0.00573. The molecule has 0 unspecified atom stereocenters. The molecule has 118 valence electrons. The number of nitrogens with zero attached hydrogens (tertiary/aromatic N) is 1. The molecule has 0 saturated carbocycles. The van der Waals surface area contributed by atoms with Gasteiger partial charge in [0.25, 0.3) is 5.91 Å². The molecule has 1 aliphatic heterocycles. The maximum absolute atomic E-state index is 12.7. The zero-order valence-corrected chi connectivity index (χ0v) is 13.6. The van der Waals surface area contributed by atoms with Crippen molar-refractivity contribution in [1.29, 1.82) is 0 Å².